The second-order valence-corrected chi connectivity index (χ2v) is 3.90. The number of aliphatic hydroxyl groups is 2. The third kappa shape index (κ3) is 2.60. The summed E-state index contributed by atoms with van der Waals surface area (Å²) in [6.45, 7) is 0.304. The maximum atomic E-state index is 12.7. The number of alkyl halides is 3. The second kappa shape index (κ2) is 5.13. The summed E-state index contributed by atoms with van der Waals surface area (Å²) in [7, 11) is 0. The minimum atomic E-state index is -4.62. The Bertz CT molecular complexity index is 626. The van der Waals surface area contributed by atoms with E-state index in [0.29, 0.717) is 0 Å². The molecule has 2 heterocycles. The van der Waals surface area contributed by atoms with Crippen molar-refractivity contribution in [1.29, 1.82) is 0 Å². The lowest BCUT2D eigenvalue weighted by Crippen LogP contribution is -2.15. The summed E-state index contributed by atoms with van der Waals surface area (Å²) in [4.78, 5) is 7.19. The van der Waals surface area contributed by atoms with Gasteiger partial charge in [0.2, 0.25) is 0 Å². The third-order valence-electron chi connectivity index (χ3n) is 2.47. The largest absolute Gasteiger partial charge is 0.433 e. The van der Waals surface area contributed by atoms with E-state index in [-0.39, 0.29) is 23.0 Å². The van der Waals surface area contributed by atoms with Crippen LogP contribution in [0.4, 0.5) is 13.2 Å². The van der Waals surface area contributed by atoms with Crippen molar-refractivity contribution in [3.05, 3.63) is 28.8 Å². The van der Waals surface area contributed by atoms with Crippen molar-refractivity contribution in [2.45, 2.75) is 26.3 Å². The number of aromatic nitrogens is 5. The quantitative estimate of drug-likeness (QED) is 0.847. The number of nitrogens with zero attached hydrogens (tertiary/aromatic N) is 5. The molecule has 0 unspecified atom stereocenters. The summed E-state index contributed by atoms with van der Waals surface area (Å²) in [5.74, 6) is -0.367. The molecule has 0 bridgehead atoms. The van der Waals surface area contributed by atoms with E-state index in [2.05, 4.69) is 20.3 Å². The molecule has 2 rings (SSSR count). The molecule has 0 aliphatic carbocycles. The van der Waals surface area contributed by atoms with Gasteiger partial charge >= 0.3 is 6.18 Å². The van der Waals surface area contributed by atoms with Crippen LogP contribution in [0.3, 0.4) is 0 Å². The van der Waals surface area contributed by atoms with Crippen molar-refractivity contribution in [1.82, 2.24) is 25.0 Å². The average molecular weight is 289 g/mol. The number of halogens is 3. The zero-order valence-electron chi connectivity index (χ0n) is 10.3. The fraction of sp³-hybridized carbons (Fsp3) is 0.400. The molecule has 10 heteroatoms. The molecule has 0 aliphatic rings. The van der Waals surface area contributed by atoms with E-state index >= 15 is 0 Å². The van der Waals surface area contributed by atoms with Crippen molar-refractivity contribution < 1.29 is 23.4 Å². The second-order valence-electron chi connectivity index (χ2n) is 3.90. The number of aryl methyl sites for hydroxylation is 1. The number of hydrogen-bond donors (Lipinski definition) is 2. The molecule has 0 fully saturated rings. The van der Waals surface area contributed by atoms with Gasteiger partial charge in [-0.05, 0) is 13.0 Å². The highest BCUT2D eigenvalue weighted by Crippen LogP contribution is 2.28. The molecule has 0 atom stereocenters. The van der Waals surface area contributed by atoms with Crippen molar-refractivity contribution in [2.75, 3.05) is 0 Å². The van der Waals surface area contributed by atoms with Crippen LogP contribution in [0.1, 0.15) is 22.8 Å². The summed E-state index contributed by atoms with van der Waals surface area (Å²) in [6.07, 6.45) is -4.62. The van der Waals surface area contributed by atoms with Gasteiger partial charge in [0.05, 0.1) is 18.9 Å². The molecule has 0 aromatic carbocycles. The minimum Gasteiger partial charge on any atom is -0.390 e. The van der Waals surface area contributed by atoms with Crippen molar-refractivity contribution in [2.24, 2.45) is 0 Å². The van der Waals surface area contributed by atoms with Crippen molar-refractivity contribution >= 4 is 0 Å². The number of hydrogen-bond acceptors (Lipinski definition) is 6. The monoisotopic (exact) mass is 289 g/mol. The van der Waals surface area contributed by atoms with E-state index in [1.807, 2.05) is 0 Å². The molecule has 2 aromatic rings. The van der Waals surface area contributed by atoms with Crippen LogP contribution in [0.15, 0.2) is 6.07 Å². The maximum absolute atomic E-state index is 12.7. The first-order valence-corrected chi connectivity index (χ1v) is 5.45. The Kier molecular flexibility index (Phi) is 3.68. The first-order chi connectivity index (χ1) is 9.36. The standard InChI is InChI=1S/C10H10F3N5O2/c1-5-2-8(10(11,12)13)15-9(14-5)18-7(4-20)6(3-19)16-17-18/h2,19-20H,3-4H2,1H3. The highest BCUT2D eigenvalue weighted by Gasteiger charge is 2.33. The summed E-state index contributed by atoms with van der Waals surface area (Å²) < 4.78 is 38.9. The average Bonchev–Trinajstić information content (AvgIpc) is 2.79. The molecule has 2 N–H and O–H groups in total. The van der Waals surface area contributed by atoms with Gasteiger partial charge in [-0.2, -0.15) is 17.9 Å². The molecule has 7 nitrogen and oxygen atoms in total. The lowest BCUT2D eigenvalue weighted by Gasteiger charge is -2.09. The van der Waals surface area contributed by atoms with Crippen LogP contribution in [-0.4, -0.2) is 35.2 Å². The Balaban J connectivity index is 2.58. The lowest BCUT2D eigenvalue weighted by atomic mass is 10.3. The van der Waals surface area contributed by atoms with Crippen molar-refractivity contribution in [3.63, 3.8) is 0 Å². The van der Waals surface area contributed by atoms with Crippen LogP contribution in [0.25, 0.3) is 5.95 Å². The first-order valence-electron chi connectivity index (χ1n) is 5.45. The topological polar surface area (TPSA) is 97.0 Å². The van der Waals surface area contributed by atoms with Gasteiger partial charge in [0.1, 0.15) is 11.4 Å². The molecule has 0 radical (unpaired) electrons. The molecule has 0 amide bonds. The maximum Gasteiger partial charge on any atom is 0.433 e. The van der Waals surface area contributed by atoms with E-state index in [4.69, 9.17) is 5.11 Å². The van der Waals surface area contributed by atoms with E-state index in [0.717, 1.165) is 10.7 Å². The third-order valence-corrected chi connectivity index (χ3v) is 2.47. The fourth-order valence-electron chi connectivity index (χ4n) is 1.57. The Morgan fingerprint density at radius 2 is 1.90 bits per heavy atom. The van der Waals surface area contributed by atoms with E-state index in [9.17, 15) is 18.3 Å². The summed E-state index contributed by atoms with van der Waals surface area (Å²) in [6, 6.07) is 0.798. The predicted molar refractivity (Wildman–Crippen MR) is 58.5 cm³/mol. The molecule has 0 spiro atoms. The Morgan fingerprint density at radius 1 is 1.20 bits per heavy atom. The summed E-state index contributed by atoms with van der Waals surface area (Å²) in [5.41, 5.74) is -0.949. The van der Waals surface area contributed by atoms with Gasteiger partial charge < -0.3 is 10.2 Å². The molecule has 20 heavy (non-hydrogen) atoms. The predicted octanol–water partition coefficient (Wildman–Crippen LogP) is 0.369. The van der Waals surface area contributed by atoms with E-state index < -0.39 is 25.1 Å². The minimum absolute atomic E-state index is 0.0335. The van der Waals surface area contributed by atoms with Crippen LogP contribution in [0.5, 0.6) is 0 Å². The number of rotatable bonds is 3. The molecule has 2 aromatic heterocycles. The van der Waals surface area contributed by atoms with E-state index in [1.165, 1.54) is 6.92 Å². The van der Waals surface area contributed by atoms with Gasteiger partial charge in [-0.3, -0.25) is 0 Å². The molecular formula is C10H10F3N5O2. The summed E-state index contributed by atoms with van der Waals surface area (Å²) in [5, 5.41) is 25.3. The molecule has 0 saturated carbocycles. The lowest BCUT2D eigenvalue weighted by molar-refractivity contribution is -0.141. The molecule has 0 saturated heterocycles. The molecular weight excluding hydrogens is 279 g/mol. The highest BCUT2D eigenvalue weighted by molar-refractivity contribution is 5.23. The van der Waals surface area contributed by atoms with Gasteiger partial charge in [0.15, 0.2) is 0 Å². The van der Waals surface area contributed by atoms with E-state index in [1.54, 1.807) is 0 Å². The van der Waals surface area contributed by atoms with Crippen LogP contribution in [0, 0.1) is 6.92 Å². The molecule has 0 aliphatic heterocycles. The number of aliphatic hydroxyl groups excluding tert-OH is 2. The van der Waals surface area contributed by atoms with Crippen LogP contribution >= 0.6 is 0 Å². The fourth-order valence-corrected chi connectivity index (χ4v) is 1.57. The Labute approximate surface area is 110 Å². The zero-order valence-corrected chi connectivity index (χ0v) is 10.3. The van der Waals surface area contributed by atoms with Gasteiger partial charge in [-0.15, -0.1) is 5.10 Å². The highest BCUT2D eigenvalue weighted by atomic mass is 19.4. The smallest absolute Gasteiger partial charge is 0.390 e. The van der Waals surface area contributed by atoms with Gasteiger partial charge in [0, 0.05) is 5.69 Å². The molecule has 108 valence electrons. The van der Waals surface area contributed by atoms with Crippen molar-refractivity contribution in [3.8, 4) is 5.95 Å². The Hall–Kier alpha value is -2.07. The van der Waals surface area contributed by atoms with Gasteiger partial charge in [-0.25, -0.2) is 9.97 Å². The van der Waals surface area contributed by atoms with Crippen LogP contribution < -0.4 is 0 Å². The first kappa shape index (κ1) is 14.3. The van der Waals surface area contributed by atoms with Crippen LogP contribution in [0.2, 0.25) is 0 Å². The Morgan fingerprint density at radius 3 is 2.45 bits per heavy atom. The van der Waals surface area contributed by atoms with Gasteiger partial charge in [0.25, 0.3) is 5.95 Å². The SMILES string of the molecule is Cc1cc(C(F)(F)F)nc(-n2nnc(CO)c2CO)n1. The zero-order chi connectivity index (χ0) is 14.9. The summed E-state index contributed by atoms with van der Waals surface area (Å²) >= 11 is 0. The van der Waals surface area contributed by atoms with Crippen LogP contribution in [-0.2, 0) is 19.4 Å². The normalized spacial score (nSPS) is 11.9. The van der Waals surface area contributed by atoms with Gasteiger partial charge in [-0.1, -0.05) is 5.21 Å².